The number of aryl methyl sites for hydroxylation is 1. The fourth-order valence-corrected chi connectivity index (χ4v) is 1.63. The van der Waals surface area contributed by atoms with Gasteiger partial charge in [-0.25, -0.2) is 0 Å². The lowest BCUT2D eigenvalue weighted by Gasteiger charge is -2.24. The molecule has 1 rings (SSSR count). The van der Waals surface area contributed by atoms with Crippen LogP contribution in [0.4, 0.5) is 0 Å². The molecule has 3 heteroatoms. The van der Waals surface area contributed by atoms with Gasteiger partial charge in [0, 0.05) is 6.54 Å². The number of carbonyl (C=O) groups is 1. The predicted molar refractivity (Wildman–Crippen MR) is 70.8 cm³/mol. The number of likely N-dealkylation sites (N-methyl/N-ethyl adjacent to an activating group) is 1. The summed E-state index contributed by atoms with van der Waals surface area (Å²) in [5.74, 6) is 0.0277. The zero-order valence-corrected chi connectivity index (χ0v) is 11.1. The van der Waals surface area contributed by atoms with Crippen LogP contribution in [0.5, 0.6) is 0 Å². The quantitative estimate of drug-likeness (QED) is 0.818. The molecule has 2 N–H and O–H groups in total. The second-order valence-electron chi connectivity index (χ2n) is 4.82. The Morgan fingerprint density at radius 2 is 1.82 bits per heavy atom. The average molecular weight is 234 g/mol. The van der Waals surface area contributed by atoms with Crippen molar-refractivity contribution in [2.24, 2.45) is 0 Å². The van der Waals surface area contributed by atoms with E-state index in [0.29, 0.717) is 6.54 Å². The van der Waals surface area contributed by atoms with E-state index in [4.69, 9.17) is 0 Å². The first-order valence-corrected chi connectivity index (χ1v) is 6.04. The van der Waals surface area contributed by atoms with E-state index in [1.165, 1.54) is 5.56 Å². The van der Waals surface area contributed by atoms with Crippen LogP contribution in [0, 0.1) is 6.92 Å². The van der Waals surface area contributed by atoms with E-state index in [1.54, 1.807) is 0 Å². The number of nitrogens with one attached hydrogen (secondary N) is 2. The van der Waals surface area contributed by atoms with Crippen LogP contribution in [-0.4, -0.2) is 18.0 Å². The van der Waals surface area contributed by atoms with Crippen LogP contribution in [0.1, 0.15) is 31.9 Å². The monoisotopic (exact) mass is 234 g/mol. The van der Waals surface area contributed by atoms with Gasteiger partial charge in [-0.2, -0.15) is 0 Å². The Morgan fingerprint density at radius 1 is 1.24 bits per heavy atom. The number of hydrogen-bond donors (Lipinski definition) is 2. The normalized spacial score (nSPS) is 11.3. The van der Waals surface area contributed by atoms with E-state index in [0.717, 1.165) is 12.1 Å². The van der Waals surface area contributed by atoms with Crippen molar-refractivity contribution in [2.45, 2.75) is 39.8 Å². The molecule has 0 heterocycles. The van der Waals surface area contributed by atoms with E-state index in [9.17, 15) is 4.79 Å². The average Bonchev–Trinajstić information content (AvgIpc) is 2.27. The van der Waals surface area contributed by atoms with Crippen LogP contribution in [0.2, 0.25) is 0 Å². The Morgan fingerprint density at radius 3 is 2.35 bits per heavy atom. The Kier molecular flexibility index (Phi) is 4.70. The predicted octanol–water partition coefficient (Wildman–Crippen LogP) is 2.00. The summed E-state index contributed by atoms with van der Waals surface area (Å²) < 4.78 is 0. The van der Waals surface area contributed by atoms with Crippen LogP contribution in [-0.2, 0) is 11.3 Å². The van der Waals surface area contributed by atoms with Crippen molar-refractivity contribution in [1.29, 1.82) is 0 Å². The summed E-state index contributed by atoms with van der Waals surface area (Å²) >= 11 is 0. The number of amides is 1. The Balaban J connectivity index is 2.50. The topological polar surface area (TPSA) is 41.1 Å². The fourth-order valence-electron chi connectivity index (χ4n) is 1.63. The molecule has 1 aromatic rings. The molecule has 0 bridgehead atoms. The van der Waals surface area contributed by atoms with E-state index in [-0.39, 0.29) is 5.91 Å². The highest BCUT2D eigenvalue weighted by atomic mass is 16.2. The van der Waals surface area contributed by atoms with Crippen LogP contribution in [0.3, 0.4) is 0 Å². The molecule has 0 fully saturated rings. The molecule has 1 amide bonds. The van der Waals surface area contributed by atoms with E-state index in [1.807, 2.05) is 32.9 Å². The molecule has 0 spiro atoms. The van der Waals surface area contributed by atoms with Gasteiger partial charge in [-0.15, -0.1) is 0 Å². The molecule has 3 nitrogen and oxygen atoms in total. The largest absolute Gasteiger partial charge is 0.350 e. The van der Waals surface area contributed by atoms with Gasteiger partial charge in [-0.05, 0) is 32.9 Å². The Labute approximate surface area is 104 Å². The molecule has 0 radical (unpaired) electrons. The lowest BCUT2D eigenvalue weighted by atomic mass is 10.0. The van der Waals surface area contributed by atoms with Gasteiger partial charge in [-0.1, -0.05) is 36.8 Å². The van der Waals surface area contributed by atoms with Crippen molar-refractivity contribution in [3.63, 3.8) is 0 Å². The SMILES string of the molecule is CCNC(C)(C)C(=O)NCc1ccc(C)cc1. The highest BCUT2D eigenvalue weighted by molar-refractivity contribution is 5.85. The molecule has 17 heavy (non-hydrogen) atoms. The number of benzene rings is 1. The zero-order chi connectivity index (χ0) is 12.9. The van der Waals surface area contributed by atoms with Crippen molar-refractivity contribution >= 4 is 5.91 Å². The second-order valence-corrected chi connectivity index (χ2v) is 4.82. The summed E-state index contributed by atoms with van der Waals surface area (Å²) in [6.45, 7) is 9.19. The molecule has 0 aliphatic heterocycles. The molecule has 0 aliphatic rings. The summed E-state index contributed by atoms with van der Waals surface area (Å²) in [6, 6.07) is 8.18. The van der Waals surface area contributed by atoms with Gasteiger partial charge < -0.3 is 10.6 Å². The summed E-state index contributed by atoms with van der Waals surface area (Å²) in [5.41, 5.74) is 1.84. The minimum atomic E-state index is -0.514. The van der Waals surface area contributed by atoms with Crippen molar-refractivity contribution in [2.75, 3.05) is 6.54 Å². The first-order valence-electron chi connectivity index (χ1n) is 6.04. The number of hydrogen-bond acceptors (Lipinski definition) is 2. The van der Waals surface area contributed by atoms with Crippen LogP contribution >= 0.6 is 0 Å². The maximum atomic E-state index is 11.9. The molecule has 0 aromatic heterocycles. The minimum Gasteiger partial charge on any atom is -0.350 e. The van der Waals surface area contributed by atoms with Gasteiger partial charge in [0.05, 0.1) is 5.54 Å². The molecule has 0 saturated heterocycles. The van der Waals surface area contributed by atoms with Gasteiger partial charge >= 0.3 is 0 Å². The van der Waals surface area contributed by atoms with Gasteiger partial charge in [0.25, 0.3) is 0 Å². The molecular formula is C14H22N2O. The van der Waals surface area contributed by atoms with E-state index < -0.39 is 5.54 Å². The standard InChI is InChI=1S/C14H22N2O/c1-5-16-14(3,4)13(17)15-10-12-8-6-11(2)7-9-12/h6-9,16H,5,10H2,1-4H3,(H,15,17). The van der Waals surface area contributed by atoms with E-state index >= 15 is 0 Å². The third-order valence-corrected chi connectivity index (χ3v) is 2.76. The lowest BCUT2D eigenvalue weighted by Crippen LogP contribution is -2.52. The fraction of sp³-hybridized carbons (Fsp3) is 0.500. The third-order valence-electron chi connectivity index (χ3n) is 2.76. The molecule has 0 saturated carbocycles. The van der Waals surface area contributed by atoms with Crippen molar-refractivity contribution in [3.8, 4) is 0 Å². The smallest absolute Gasteiger partial charge is 0.239 e. The maximum Gasteiger partial charge on any atom is 0.239 e. The minimum absolute atomic E-state index is 0.0277. The van der Waals surface area contributed by atoms with Crippen molar-refractivity contribution in [3.05, 3.63) is 35.4 Å². The van der Waals surface area contributed by atoms with Crippen LogP contribution in [0.25, 0.3) is 0 Å². The second kappa shape index (κ2) is 5.82. The highest BCUT2D eigenvalue weighted by Gasteiger charge is 2.25. The summed E-state index contributed by atoms with van der Waals surface area (Å²) in [6.07, 6.45) is 0. The maximum absolute atomic E-state index is 11.9. The first kappa shape index (κ1) is 13.7. The molecule has 0 atom stereocenters. The Hall–Kier alpha value is -1.35. The molecular weight excluding hydrogens is 212 g/mol. The first-order chi connectivity index (χ1) is 7.95. The summed E-state index contributed by atoms with van der Waals surface area (Å²) in [7, 11) is 0. The van der Waals surface area contributed by atoms with Gasteiger partial charge in [-0.3, -0.25) is 4.79 Å². The highest BCUT2D eigenvalue weighted by Crippen LogP contribution is 2.05. The third kappa shape index (κ3) is 4.19. The summed E-state index contributed by atoms with van der Waals surface area (Å²) in [4.78, 5) is 11.9. The van der Waals surface area contributed by atoms with Gasteiger partial charge in [0.1, 0.15) is 0 Å². The van der Waals surface area contributed by atoms with Crippen molar-refractivity contribution in [1.82, 2.24) is 10.6 Å². The molecule has 1 aromatic carbocycles. The van der Waals surface area contributed by atoms with E-state index in [2.05, 4.69) is 29.7 Å². The van der Waals surface area contributed by atoms with Gasteiger partial charge in [0.15, 0.2) is 0 Å². The van der Waals surface area contributed by atoms with Crippen molar-refractivity contribution < 1.29 is 4.79 Å². The number of carbonyl (C=O) groups excluding carboxylic acids is 1. The summed E-state index contributed by atoms with van der Waals surface area (Å²) in [5, 5.41) is 6.10. The lowest BCUT2D eigenvalue weighted by molar-refractivity contribution is -0.126. The van der Waals surface area contributed by atoms with Gasteiger partial charge in [0.2, 0.25) is 5.91 Å². The van der Waals surface area contributed by atoms with Crippen LogP contribution in [0.15, 0.2) is 24.3 Å². The molecule has 94 valence electrons. The number of rotatable bonds is 5. The Bertz CT molecular complexity index is 368. The molecule has 0 aliphatic carbocycles. The molecule has 0 unspecified atom stereocenters. The van der Waals surface area contributed by atoms with Crippen LogP contribution < -0.4 is 10.6 Å². The zero-order valence-electron chi connectivity index (χ0n) is 11.1.